The third-order valence-electron chi connectivity index (χ3n) is 3.21. The molecular weight excluding hydrogens is 254 g/mol. The van der Waals surface area contributed by atoms with E-state index in [1.807, 2.05) is 26.0 Å². The van der Waals surface area contributed by atoms with Gasteiger partial charge in [-0.2, -0.15) is 0 Å². The van der Waals surface area contributed by atoms with Crippen LogP contribution in [-0.4, -0.2) is 5.91 Å². The van der Waals surface area contributed by atoms with Crippen LogP contribution < -0.4 is 5.32 Å². The monoisotopic (exact) mass is 273 g/mol. The highest BCUT2D eigenvalue weighted by molar-refractivity contribution is 7.13. The molecule has 19 heavy (non-hydrogen) atoms. The van der Waals surface area contributed by atoms with Crippen LogP contribution in [-0.2, 0) is 0 Å². The zero-order valence-electron chi connectivity index (χ0n) is 11.8. The molecule has 0 radical (unpaired) electrons. The molecule has 0 bridgehead atoms. The fraction of sp³-hybridized carbons (Fsp3) is 0.312. The van der Waals surface area contributed by atoms with Gasteiger partial charge in [-0.3, -0.25) is 4.79 Å². The van der Waals surface area contributed by atoms with Crippen molar-refractivity contribution in [2.45, 2.75) is 33.7 Å². The van der Waals surface area contributed by atoms with Gasteiger partial charge in [0.1, 0.15) is 0 Å². The minimum Gasteiger partial charge on any atom is -0.345 e. The lowest BCUT2D eigenvalue weighted by molar-refractivity contribution is 0.0944. The number of hydrogen-bond acceptors (Lipinski definition) is 2. The number of hydrogen-bond donors (Lipinski definition) is 1. The van der Waals surface area contributed by atoms with E-state index in [4.69, 9.17) is 0 Å². The van der Waals surface area contributed by atoms with Gasteiger partial charge in [0, 0.05) is 4.88 Å². The predicted octanol–water partition coefficient (Wildman–Crippen LogP) is 4.16. The van der Waals surface area contributed by atoms with Crippen molar-refractivity contribution < 1.29 is 4.79 Å². The fourth-order valence-corrected chi connectivity index (χ4v) is 2.90. The van der Waals surface area contributed by atoms with Crippen molar-refractivity contribution in [3.63, 3.8) is 0 Å². The summed E-state index contributed by atoms with van der Waals surface area (Å²) in [6, 6.07) is 10.2. The fourth-order valence-electron chi connectivity index (χ4n) is 2.13. The van der Waals surface area contributed by atoms with Gasteiger partial charge < -0.3 is 5.32 Å². The van der Waals surface area contributed by atoms with Gasteiger partial charge in [0.2, 0.25) is 0 Å². The maximum atomic E-state index is 12.1. The van der Waals surface area contributed by atoms with Crippen LogP contribution in [0.3, 0.4) is 0 Å². The number of thiophene rings is 1. The van der Waals surface area contributed by atoms with Crippen molar-refractivity contribution in [3.05, 3.63) is 56.8 Å². The van der Waals surface area contributed by atoms with Crippen LogP contribution in [0.25, 0.3) is 0 Å². The molecule has 0 saturated carbocycles. The molecule has 1 amide bonds. The average Bonchev–Trinajstić information content (AvgIpc) is 2.79. The smallest absolute Gasteiger partial charge is 0.261 e. The van der Waals surface area contributed by atoms with Crippen molar-refractivity contribution >= 4 is 17.2 Å². The van der Waals surface area contributed by atoms with Crippen LogP contribution >= 0.6 is 11.3 Å². The quantitative estimate of drug-likeness (QED) is 0.893. The van der Waals surface area contributed by atoms with Crippen LogP contribution in [0, 0.1) is 20.8 Å². The van der Waals surface area contributed by atoms with Crippen LogP contribution in [0.5, 0.6) is 0 Å². The Kier molecular flexibility index (Phi) is 4.05. The second kappa shape index (κ2) is 5.57. The summed E-state index contributed by atoms with van der Waals surface area (Å²) in [5.41, 5.74) is 3.61. The number of carbonyl (C=O) groups is 1. The Bertz CT molecular complexity index is 601. The predicted molar refractivity (Wildman–Crippen MR) is 80.9 cm³/mol. The van der Waals surface area contributed by atoms with E-state index < -0.39 is 0 Å². The van der Waals surface area contributed by atoms with Crippen LogP contribution in [0.1, 0.15) is 44.2 Å². The number of rotatable bonds is 3. The zero-order chi connectivity index (χ0) is 14.0. The van der Waals surface area contributed by atoms with Gasteiger partial charge in [0.15, 0.2) is 0 Å². The van der Waals surface area contributed by atoms with E-state index in [1.54, 1.807) is 0 Å². The van der Waals surface area contributed by atoms with E-state index in [1.165, 1.54) is 28.0 Å². The van der Waals surface area contributed by atoms with E-state index in [0.717, 1.165) is 9.75 Å². The minimum absolute atomic E-state index is 0.00602. The second-order valence-electron chi connectivity index (χ2n) is 4.97. The molecule has 1 atom stereocenters. The van der Waals surface area contributed by atoms with Crippen molar-refractivity contribution in [1.29, 1.82) is 0 Å². The van der Waals surface area contributed by atoms with E-state index >= 15 is 0 Å². The van der Waals surface area contributed by atoms with E-state index in [9.17, 15) is 4.79 Å². The highest BCUT2D eigenvalue weighted by Crippen LogP contribution is 2.21. The van der Waals surface area contributed by atoms with Gasteiger partial charge in [-0.15, -0.1) is 11.3 Å². The van der Waals surface area contributed by atoms with E-state index in [2.05, 4.69) is 37.4 Å². The molecule has 0 aliphatic rings. The summed E-state index contributed by atoms with van der Waals surface area (Å²) in [4.78, 5) is 14.1. The lowest BCUT2D eigenvalue weighted by Crippen LogP contribution is -2.26. The van der Waals surface area contributed by atoms with Gasteiger partial charge in [-0.25, -0.2) is 0 Å². The molecule has 1 aromatic heterocycles. The molecular formula is C16H19NOS. The number of aryl methyl sites for hydroxylation is 3. The zero-order valence-corrected chi connectivity index (χ0v) is 12.6. The molecule has 1 N–H and O–H groups in total. The Labute approximate surface area is 118 Å². The van der Waals surface area contributed by atoms with Gasteiger partial charge in [-0.05, 0) is 51.0 Å². The standard InChI is InChI=1S/C16H19NOS/c1-10-5-6-11(2)14(9-10)13(4)17-16(18)15-8-7-12(3)19-15/h5-9,13H,1-4H3,(H,17,18)/t13-/m0/s1. The molecule has 0 spiro atoms. The van der Waals surface area contributed by atoms with Gasteiger partial charge in [0.25, 0.3) is 5.91 Å². The minimum atomic E-state index is 0.00602. The first kappa shape index (κ1) is 13.8. The topological polar surface area (TPSA) is 29.1 Å². The lowest BCUT2D eigenvalue weighted by Gasteiger charge is -2.17. The SMILES string of the molecule is Cc1ccc(C)c([C@H](C)NC(=O)c2ccc(C)s2)c1. The Morgan fingerprint density at radius 2 is 1.89 bits per heavy atom. The van der Waals surface area contributed by atoms with Crippen molar-refractivity contribution in [2.24, 2.45) is 0 Å². The number of amides is 1. The van der Waals surface area contributed by atoms with Gasteiger partial charge in [0.05, 0.1) is 10.9 Å². The molecule has 0 fully saturated rings. The summed E-state index contributed by atoms with van der Waals surface area (Å²) in [6.07, 6.45) is 0. The Balaban J connectivity index is 2.14. The third kappa shape index (κ3) is 3.24. The molecule has 2 nitrogen and oxygen atoms in total. The van der Waals surface area contributed by atoms with Crippen LogP contribution in [0.4, 0.5) is 0 Å². The lowest BCUT2D eigenvalue weighted by atomic mass is 10.00. The summed E-state index contributed by atoms with van der Waals surface area (Å²) in [6.45, 7) is 8.18. The molecule has 0 aliphatic carbocycles. The van der Waals surface area contributed by atoms with Crippen molar-refractivity contribution in [1.82, 2.24) is 5.32 Å². The number of nitrogens with one attached hydrogen (secondary N) is 1. The maximum absolute atomic E-state index is 12.1. The molecule has 3 heteroatoms. The molecule has 100 valence electrons. The van der Waals surface area contributed by atoms with Gasteiger partial charge >= 0.3 is 0 Å². The normalized spacial score (nSPS) is 12.2. The van der Waals surface area contributed by atoms with Gasteiger partial charge in [-0.1, -0.05) is 23.8 Å². The maximum Gasteiger partial charge on any atom is 0.261 e. The first-order valence-electron chi connectivity index (χ1n) is 6.42. The molecule has 0 aliphatic heterocycles. The number of benzene rings is 1. The Morgan fingerprint density at radius 1 is 1.16 bits per heavy atom. The highest BCUT2D eigenvalue weighted by atomic mass is 32.1. The van der Waals surface area contributed by atoms with E-state index in [0.29, 0.717) is 0 Å². The molecule has 2 rings (SSSR count). The molecule has 0 saturated heterocycles. The molecule has 1 heterocycles. The van der Waals surface area contributed by atoms with Crippen LogP contribution in [0.2, 0.25) is 0 Å². The summed E-state index contributed by atoms with van der Waals surface area (Å²) in [7, 11) is 0. The Hall–Kier alpha value is -1.61. The first-order valence-corrected chi connectivity index (χ1v) is 7.23. The third-order valence-corrected chi connectivity index (χ3v) is 4.21. The summed E-state index contributed by atoms with van der Waals surface area (Å²) in [5, 5.41) is 3.07. The van der Waals surface area contributed by atoms with Crippen LogP contribution in [0.15, 0.2) is 30.3 Å². The largest absolute Gasteiger partial charge is 0.345 e. The Morgan fingerprint density at radius 3 is 2.53 bits per heavy atom. The molecule has 1 aromatic carbocycles. The summed E-state index contributed by atoms with van der Waals surface area (Å²) in [5.74, 6) is 0.00602. The summed E-state index contributed by atoms with van der Waals surface area (Å²) >= 11 is 1.53. The van der Waals surface area contributed by atoms with Crippen molar-refractivity contribution in [3.8, 4) is 0 Å². The summed E-state index contributed by atoms with van der Waals surface area (Å²) < 4.78 is 0. The molecule has 0 unspecified atom stereocenters. The van der Waals surface area contributed by atoms with Crippen molar-refractivity contribution in [2.75, 3.05) is 0 Å². The highest BCUT2D eigenvalue weighted by Gasteiger charge is 2.14. The second-order valence-corrected chi connectivity index (χ2v) is 6.25. The average molecular weight is 273 g/mol. The molecule has 2 aromatic rings. The van der Waals surface area contributed by atoms with E-state index in [-0.39, 0.29) is 11.9 Å². The first-order chi connectivity index (χ1) is 8.97. The number of carbonyl (C=O) groups excluding carboxylic acids is 1.